The normalized spacial score (nSPS) is 9.76. The number of anilines is 1. The quantitative estimate of drug-likeness (QED) is 0.600. The molecule has 0 bridgehead atoms. The Kier molecular flexibility index (Phi) is 5.29. The zero-order valence-electron chi connectivity index (χ0n) is 11.7. The molecule has 0 saturated carbocycles. The first-order chi connectivity index (χ1) is 10.2. The highest BCUT2D eigenvalue weighted by molar-refractivity contribution is 7.80. The molecule has 0 saturated heterocycles. The van der Waals surface area contributed by atoms with E-state index in [9.17, 15) is 4.79 Å². The highest BCUT2D eigenvalue weighted by Gasteiger charge is 2.07. The fraction of sp³-hybridized carbons (Fsp3) is 0.125. The molecule has 2 rings (SSSR count). The summed E-state index contributed by atoms with van der Waals surface area (Å²) in [6, 6.07) is 17.0. The van der Waals surface area contributed by atoms with Crippen molar-refractivity contribution in [2.75, 3.05) is 5.43 Å². The summed E-state index contributed by atoms with van der Waals surface area (Å²) in [7, 11) is 0. The van der Waals surface area contributed by atoms with Crippen molar-refractivity contribution in [3.63, 3.8) is 0 Å². The molecule has 0 aliphatic rings. The molecule has 5 heteroatoms. The van der Waals surface area contributed by atoms with Crippen LogP contribution in [0.2, 0.25) is 0 Å². The predicted molar refractivity (Wildman–Crippen MR) is 89.1 cm³/mol. The SMILES string of the molecule is CCc1ccc(C(=O)NC(=S)NNc2ccccc2)cc1. The maximum absolute atomic E-state index is 12.0. The van der Waals surface area contributed by atoms with E-state index >= 15 is 0 Å². The predicted octanol–water partition coefficient (Wildman–Crippen LogP) is 2.88. The Morgan fingerprint density at radius 2 is 1.71 bits per heavy atom. The smallest absolute Gasteiger partial charge is 0.257 e. The van der Waals surface area contributed by atoms with Gasteiger partial charge in [-0.2, -0.15) is 0 Å². The monoisotopic (exact) mass is 299 g/mol. The second-order valence-electron chi connectivity index (χ2n) is 4.45. The maximum Gasteiger partial charge on any atom is 0.257 e. The number of hydrogen-bond donors (Lipinski definition) is 3. The molecule has 0 fully saturated rings. The molecule has 108 valence electrons. The van der Waals surface area contributed by atoms with Gasteiger partial charge in [-0.1, -0.05) is 37.3 Å². The molecule has 0 radical (unpaired) electrons. The first kappa shape index (κ1) is 15.0. The van der Waals surface area contributed by atoms with Crippen molar-refractivity contribution in [1.82, 2.24) is 10.7 Å². The number of carbonyl (C=O) groups excluding carboxylic acids is 1. The van der Waals surface area contributed by atoms with Gasteiger partial charge in [0.1, 0.15) is 0 Å². The molecule has 21 heavy (non-hydrogen) atoms. The van der Waals surface area contributed by atoms with Gasteiger partial charge >= 0.3 is 0 Å². The number of hydrazine groups is 1. The molecular weight excluding hydrogens is 282 g/mol. The van der Waals surface area contributed by atoms with Crippen LogP contribution in [0.25, 0.3) is 0 Å². The third-order valence-electron chi connectivity index (χ3n) is 2.95. The molecule has 1 amide bonds. The van der Waals surface area contributed by atoms with Crippen molar-refractivity contribution in [3.8, 4) is 0 Å². The summed E-state index contributed by atoms with van der Waals surface area (Å²) in [5.41, 5.74) is 8.32. The summed E-state index contributed by atoms with van der Waals surface area (Å²) in [6.07, 6.45) is 0.947. The topological polar surface area (TPSA) is 53.2 Å². The standard InChI is InChI=1S/C16H17N3OS/c1-2-12-8-10-13(11-9-12)15(20)17-16(21)19-18-14-6-4-3-5-7-14/h3-11,18H,2H2,1H3,(H2,17,19,20,21). The molecule has 4 nitrogen and oxygen atoms in total. The molecule has 0 heterocycles. The summed E-state index contributed by atoms with van der Waals surface area (Å²) in [6.45, 7) is 2.07. The van der Waals surface area contributed by atoms with Crippen LogP contribution in [0, 0.1) is 0 Å². The summed E-state index contributed by atoms with van der Waals surface area (Å²) >= 11 is 5.07. The number of hydrogen-bond acceptors (Lipinski definition) is 3. The van der Waals surface area contributed by atoms with Gasteiger partial charge in [0.2, 0.25) is 0 Å². The zero-order valence-corrected chi connectivity index (χ0v) is 12.5. The Morgan fingerprint density at radius 3 is 2.33 bits per heavy atom. The van der Waals surface area contributed by atoms with Crippen molar-refractivity contribution in [3.05, 3.63) is 65.7 Å². The highest BCUT2D eigenvalue weighted by Crippen LogP contribution is 2.05. The van der Waals surface area contributed by atoms with Gasteiger partial charge in [-0.3, -0.25) is 21.0 Å². The second-order valence-corrected chi connectivity index (χ2v) is 4.86. The van der Waals surface area contributed by atoms with Crippen molar-refractivity contribution < 1.29 is 4.79 Å². The Hall–Kier alpha value is -2.40. The fourth-order valence-electron chi connectivity index (χ4n) is 1.75. The molecule has 2 aromatic carbocycles. The first-order valence-corrected chi connectivity index (χ1v) is 7.11. The number of carbonyl (C=O) groups is 1. The number of thiocarbonyl (C=S) groups is 1. The average molecular weight is 299 g/mol. The van der Waals surface area contributed by atoms with Crippen molar-refractivity contribution in [1.29, 1.82) is 0 Å². The van der Waals surface area contributed by atoms with Gasteiger partial charge in [0.15, 0.2) is 5.11 Å². The third-order valence-corrected chi connectivity index (χ3v) is 3.15. The number of rotatable bonds is 4. The summed E-state index contributed by atoms with van der Waals surface area (Å²) in [5, 5.41) is 2.85. The lowest BCUT2D eigenvalue weighted by atomic mass is 10.1. The maximum atomic E-state index is 12.0. The van der Waals surface area contributed by atoms with E-state index in [4.69, 9.17) is 12.2 Å². The van der Waals surface area contributed by atoms with Crippen LogP contribution in [0.3, 0.4) is 0 Å². The number of benzene rings is 2. The Labute approximate surface area is 129 Å². The van der Waals surface area contributed by atoms with E-state index in [0.29, 0.717) is 5.56 Å². The van der Waals surface area contributed by atoms with Crippen LogP contribution in [0.4, 0.5) is 5.69 Å². The average Bonchev–Trinajstić information content (AvgIpc) is 2.54. The molecule has 0 atom stereocenters. The van der Waals surface area contributed by atoms with Crippen LogP contribution in [0.5, 0.6) is 0 Å². The molecule has 0 aliphatic carbocycles. The van der Waals surface area contributed by atoms with E-state index < -0.39 is 0 Å². The first-order valence-electron chi connectivity index (χ1n) is 6.70. The van der Waals surface area contributed by atoms with Crippen LogP contribution < -0.4 is 16.2 Å². The van der Waals surface area contributed by atoms with Gasteiger partial charge in [0.05, 0.1) is 5.69 Å². The van der Waals surface area contributed by atoms with Crippen LogP contribution in [0.1, 0.15) is 22.8 Å². The van der Waals surface area contributed by atoms with Gasteiger partial charge < -0.3 is 0 Å². The van der Waals surface area contributed by atoms with Crippen molar-refractivity contribution >= 4 is 28.9 Å². The number of aryl methyl sites for hydroxylation is 1. The molecule has 0 unspecified atom stereocenters. The van der Waals surface area contributed by atoms with E-state index in [1.54, 1.807) is 12.1 Å². The molecule has 0 aliphatic heterocycles. The Morgan fingerprint density at radius 1 is 1.05 bits per heavy atom. The lowest BCUT2D eigenvalue weighted by Crippen LogP contribution is -2.41. The zero-order chi connectivity index (χ0) is 15.1. The van der Waals surface area contributed by atoms with E-state index in [0.717, 1.165) is 12.1 Å². The molecule has 3 N–H and O–H groups in total. The van der Waals surface area contributed by atoms with Crippen LogP contribution in [-0.2, 0) is 6.42 Å². The largest absolute Gasteiger partial charge is 0.299 e. The number of amides is 1. The van der Waals surface area contributed by atoms with Crippen LogP contribution in [-0.4, -0.2) is 11.0 Å². The molecule has 2 aromatic rings. The van der Waals surface area contributed by atoms with E-state index in [-0.39, 0.29) is 11.0 Å². The van der Waals surface area contributed by atoms with Gasteiger partial charge in [0.25, 0.3) is 5.91 Å². The van der Waals surface area contributed by atoms with Gasteiger partial charge in [-0.15, -0.1) is 0 Å². The molecule has 0 aromatic heterocycles. The minimum atomic E-state index is -0.231. The van der Waals surface area contributed by atoms with Crippen molar-refractivity contribution in [2.45, 2.75) is 13.3 Å². The second kappa shape index (κ2) is 7.40. The van der Waals surface area contributed by atoms with Gasteiger partial charge in [0, 0.05) is 5.56 Å². The van der Waals surface area contributed by atoms with Crippen LogP contribution in [0.15, 0.2) is 54.6 Å². The highest BCUT2D eigenvalue weighted by atomic mass is 32.1. The third kappa shape index (κ3) is 4.57. The minimum absolute atomic E-state index is 0.225. The minimum Gasteiger partial charge on any atom is -0.299 e. The van der Waals surface area contributed by atoms with Crippen molar-refractivity contribution in [2.24, 2.45) is 0 Å². The summed E-state index contributed by atoms with van der Waals surface area (Å²) in [4.78, 5) is 12.0. The fourth-order valence-corrected chi connectivity index (χ4v) is 1.89. The number of para-hydroxylation sites is 1. The van der Waals surface area contributed by atoms with Gasteiger partial charge in [-0.25, -0.2) is 0 Å². The molecular formula is C16H17N3OS. The Bertz CT molecular complexity index is 611. The number of nitrogens with one attached hydrogen (secondary N) is 3. The Balaban J connectivity index is 1.85. The van der Waals surface area contributed by atoms with E-state index in [1.165, 1.54) is 5.56 Å². The summed E-state index contributed by atoms with van der Waals surface area (Å²) < 4.78 is 0. The van der Waals surface area contributed by atoms with Crippen LogP contribution >= 0.6 is 12.2 Å². The van der Waals surface area contributed by atoms with E-state index in [2.05, 4.69) is 23.1 Å². The lowest BCUT2D eigenvalue weighted by molar-refractivity contribution is 0.0977. The lowest BCUT2D eigenvalue weighted by Gasteiger charge is -2.11. The van der Waals surface area contributed by atoms with Gasteiger partial charge in [-0.05, 0) is 48.5 Å². The molecule has 0 spiro atoms. The summed E-state index contributed by atoms with van der Waals surface area (Å²) in [5.74, 6) is -0.231. The van der Waals surface area contributed by atoms with E-state index in [1.807, 2.05) is 42.5 Å².